The third-order valence-electron chi connectivity index (χ3n) is 8.10. The molecule has 3 aliphatic carbocycles. The topological polar surface area (TPSA) is 91.4 Å². The molecule has 8 nitrogen and oxygen atoms in total. The number of ether oxygens (including phenoxy) is 4. The molecule has 0 radical (unpaired) electrons. The summed E-state index contributed by atoms with van der Waals surface area (Å²) in [6.07, 6.45) is 2.40. The van der Waals surface area contributed by atoms with E-state index in [0.29, 0.717) is 38.6 Å². The maximum atomic E-state index is 13.2. The molecule has 5 aliphatic rings. The zero-order valence-corrected chi connectivity index (χ0v) is 17.7. The number of nitrogens with zero attached hydrogens (tertiary/aromatic N) is 1. The van der Waals surface area contributed by atoms with Crippen molar-refractivity contribution in [1.29, 1.82) is 0 Å². The van der Waals surface area contributed by atoms with Crippen LogP contribution in [0.2, 0.25) is 0 Å². The lowest BCUT2D eigenvalue weighted by molar-refractivity contribution is -0.172. The van der Waals surface area contributed by atoms with Gasteiger partial charge in [0.25, 0.3) is 0 Å². The molecule has 0 N–H and O–H groups in total. The van der Waals surface area contributed by atoms with Crippen LogP contribution in [-0.2, 0) is 33.3 Å². The van der Waals surface area contributed by atoms with Crippen molar-refractivity contribution in [2.24, 2.45) is 29.6 Å². The third kappa shape index (κ3) is 3.23. The summed E-state index contributed by atoms with van der Waals surface area (Å²) in [5.74, 6) is -1.96. The minimum Gasteiger partial charge on any atom is -0.459 e. The fourth-order valence-electron chi connectivity index (χ4n) is 6.06. The van der Waals surface area contributed by atoms with Crippen molar-refractivity contribution in [2.75, 3.05) is 32.8 Å². The van der Waals surface area contributed by atoms with E-state index in [0.717, 1.165) is 19.3 Å². The Kier molecular flexibility index (Phi) is 5.05. The van der Waals surface area contributed by atoms with E-state index in [9.17, 15) is 14.4 Å². The molecule has 0 amide bonds. The summed E-state index contributed by atoms with van der Waals surface area (Å²) in [5.41, 5.74) is -0.377. The number of carbonyl (C=O) groups excluding carboxylic acids is 3. The average Bonchev–Trinajstić information content (AvgIpc) is 3.19. The molecule has 0 aromatic rings. The molecule has 2 bridgehead atoms. The van der Waals surface area contributed by atoms with Crippen LogP contribution in [0.15, 0.2) is 0 Å². The summed E-state index contributed by atoms with van der Waals surface area (Å²) < 4.78 is 22.7. The van der Waals surface area contributed by atoms with Crippen LogP contribution in [0.4, 0.5) is 0 Å². The molecule has 8 heteroatoms. The van der Waals surface area contributed by atoms with Crippen LogP contribution in [0.25, 0.3) is 0 Å². The van der Waals surface area contributed by atoms with Gasteiger partial charge in [-0.3, -0.25) is 19.3 Å². The minimum atomic E-state index is -0.566. The zero-order chi connectivity index (χ0) is 21.0. The Balaban J connectivity index is 1.28. The van der Waals surface area contributed by atoms with Gasteiger partial charge in [-0.25, -0.2) is 0 Å². The highest BCUT2D eigenvalue weighted by Crippen LogP contribution is 2.60. The molecule has 7 atom stereocenters. The van der Waals surface area contributed by atoms with E-state index in [1.165, 1.54) is 0 Å². The van der Waals surface area contributed by atoms with Gasteiger partial charge < -0.3 is 18.9 Å². The molecule has 7 unspecified atom stereocenters. The molecule has 30 heavy (non-hydrogen) atoms. The first-order valence-electron chi connectivity index (χ1n) is 11.4. The van der Waals surface area contributed by atoms with Gasteiger partial charge in [0.15, 0.2) is 0 Å². The first-order chi connectivity index (χ1) is 14.4. The molecule has 0 aromatic carbocycles. The Morgan fingerprint density at radius 1 is 1.23 bits per heavy atom. The Hall–Kier alpha value is -1.67. The summed E-state index contributed by atoms with van der Waals surface area (Å²) in [6.45, 7) is 6.99. The molecular weight excluding hydrogens is 390 g/mol. The quantitative estimate of drug-likeness (QED) is 0.447. The lowest BCUT2D eigenvalue weighted by atomic mass is 9.78. The summed E-state index contributed by atoms with van der Waals surface area (Å²) >= 11 is 0. The van der Waals surface area contributed by atoms with Crippen LogP contribution < -0.4 is 0 Å². The van der Waals surface area contributed by atoms with Gasteiger partial charge in [-0.15, -0.1) is 0 Å². The number of morpholine rings is 1. The number of esters is 3. The van der Waals surface area contributed by atoms with Crippen LogP contribution in [0.1, 0.15) is 39.5 Å². The van der Waals surface area contributed by atoms with Crippen LogP contribution in [0, 0.1) is 29.6 Å². The highest BCUT2D eigenvalue weighted by atomic mass is 16.6. The SMILES string of the molecule is CCC(C)C1(OC(=O)C2C3CC4C(OC(=O)C42)C3OC(=O)CN2CCOCC2)CC1. The summed E-state index contributed by atoms with van der Waals surface area (Å²) in [5, 5.41) is 0. The Bertz CT molecular complexity index is 729. The molecule has 2 saturated heterocycles. The minimum absolute atomic E-state index is 0.0556. The largest absolute Gasteiger partial charge is 0.459 e. The van der Waals surface area contributed by atoms with Gasteiger partial charge in [-0.05, 0) is 31.6 Å². The first kappa shape index (κ1) is 20.2. The van der Waals surface area contributed by atoms with E-state index < -0.39 is 24.0 Å². The van der Waals surface area contributed by atoms with Gasteiger partial charge in [0.1, 0.15) is 17.8 Å². The molecule has 2 aliphatic heterocycles. The maximum Gasteiger partial charge on any atom is 0.320 e. The molecule has 5 fully saturated rings. The van der Waals surface area contributed by atoms with Crippen molar-refractivity contribution < 1.29 is 33.3 Å². The van der Waals surface area contributed by atoms with Gasteiger partial charge in [-0.1, -0.05) is 13.8 Å². The van der Waals surface area contributed by atoms with Crippen LogP contribution in [-0.4, -0.2) is 73.5 Å². The predicted octanol–water partition coefficient (Wildman–Crippen LogP) is 1.16. The zero-order valence-electron chi connectivity index (χ0n) is 17.7. The molecule has 0 aromatic heterocycles. The van der Waals surface area contributed by atoms with Gasteiger partial charge in [0, 0.05) is 24.9 Å². The standard InChI is InChI=1S/C22H31NO7/c1-3-12(2)22(4-5-22)30-21(26)17-14-10-13-16(17)20(25)29-19(13)18(14)28-15(24)11-23-6-8-27-9-7-23/h12-14,16-19H,3-11H2,1-2H3. The van der Waals surface area contributed by atoms with E-state index >= 15 is 0 Å². The molecule has 0 spiro atoms. The normalized spacial score (nSPS) is 39.5. The van der Waals surface area contributed by atoms with Gasteiger partial charge in [0.05, 0.1) is 31.6 Å². The Morgan fingerprint density at radius 3 is 2.63 bits per heavy atom. The van der Waals surface area contributed by atoms with E-state index in [2.05, 4.69) is 13.8 Å². The first-order valence-corrected chi connectivity index (χ1v) is 11.4. The Labute approximate surface area is 176 Å². The molecule has 166 valence electrons. The smallest absolute Gasteiger partial charge is 0.320 e. The number of rotatable bonds is 7. The van der Waals surface area contributed by atoms with Crippen molar-refractivity contribution in [2.45, 2.75) is 57.3 Å². The van der Waals surface area contributed by atoms with Crippen molar-refractivity contribution in [3.8, 4) is 0 Å². The highest BCUT2D eigenvalue weighted by molar-refractivity contribution is 5.86. The van der Waals surface area contributed by atoms with E-state index in [4.69, 9.17) is 18.9 Å². The van der Waals surface area contributed by atoms with E-state index in [-0.39, 0.29) is 41.9 Å². The second kappa shape index (κ2) is 7.48. The lowest BCUT2D eigenvalue weighted by Gasteiger charge is -2.33. The predicted molar refractivity (Wildman–Crippen MR) is 103 cm³/mol. The molecule has 5 rings (SSSR count). The second-order valence-electron chi connectivity index (χ2n) is 9.65. The number of fused-ring (bicyclic) bond motifs is 1. The van der Waals surface area contributed by atoms with Crippen molar-refractivity contribution in [3.63, 3.8) is 0 Å². The van der Waals surface area contributed by atoms with Gasteiger partial charge >= 0.3 is 17.9 Å². The van der Waals surface area contributed by atoms with Crippen molar-refractivity contribution >= 4 is 17.9 Å². The summed E-state index contributed by atoms with van der Waals surface area (Å²) in [7, 11) is 0. The maximum absolute atomic E-state index is 13.2. The number of hydrogen-bond donors (Lipinski definition) is 0. The molecular formula is C22H31NO7. The van der Waals surface area contributed by atoms with Crippen LogP contribution in [0.3, 0.4) is 0 Å². The van der Waals surface area contributed by atoms with Crippen molar-refractivity contribution in [3.05, 3.63) is 0 Å². The number of carbonyl (C=O) groups is 3. The van der Waals surface area contributed by atoms with Crippen LogP contribution in [0.5, 0.6) is 0 Å². The average molecular weight is 421 g/mol. The van der Waals surface area contributed by atoms with Gasteiger partial charge in [-0.2, -0.15) is 0 Å². The number of hydrogen-bond acceptors (Lipinski definition) is 8. The molecule has 3 saturated carbocycles. The van der Waals surface area contributed by atoms with Gasteiger partial charge in [0.2, 0.25) is 0 Å². The third-order valence-corrected chi connectivity index (χ3v) is 8.10. The van der Waals surface area contributed by atoms with Crippen LogP contribution >= 0.6 is 0 Å². The second-order valence-corrected chi connectivity index (χ2v) is 9.65. The monoisotopic (exact) mass is 421 g/mol. The fourth-order valence-corrected chi connectivity index (χ4v) is 6.06. The van der Waals surface area contributed by atoms with E-state index in [1.807, 2.05) is 4.90 Å². The van der Waals surface area contributed by atoms with E-state index in [1.54, 1.807) is 0 Å². The van der Waals surface area contributed by atoms with Crippen molar-refractivity contribution in [1.82, 2.24) is 4.90 Å². The fraction of sp³-hybridized carbons (Fsp3) is 0.864. The summed E-state index contributed by atoms with van der Waals surface area (Å²) in [6, 6.07) is 0. The Morgan fingerprint density at radius 2 is 1.97 bits per heavy atom. The molecule has 2 heterocycles. The highest BCUT2D eigenvalue weighted by Gasteiger charge is 2.70. The summed E-state index contributed by atoms with van der Waals surface area (Å²) in [4.78, 5) is 40.3. The lowest BCUT2D eigenvalue weighted by Crippen LogP contribution is -2.46.